The molecule has 0 aliphatic rings. The van der Waals surface area contributed by atoms with E-state index in [0.29, 0.717) is 0 Å². The van der Waals surface area contributed by atoms with Crippen LogP contribution in [0, 0.1) is 6.92 Å². The number of nitrogens with one attached hydrogen (secondary N) is 1. The van der Waals surface area contributed by atoms with Gasteiger partial charge in [-0.3, -0.25) is 4.79 Å². The van der Waals surface area contributed by atoms with Gasteiger partial charge in [-0.15, -0.1) is 0 Å². The van der Waals surface area contributed by atoms with Crippen molar-refractivity contribution in [3.8, 4) is 0 Å². The molecule has 63 valence electrons. The average molecular weight is 162 g/mol. The number of benzene rings is 1. The standard InChI is InChI=1S/C10H12NO/c1-8-3-5-10(6-4-8)11-9(2)7-12/h3-6,9,11H,1-2H3/t9-/m0/s1. The van der Waals surface area contributed by atoms with Crippen LogP contribution in [0.3, 0.4) is 0 Å². The second-order valence-corrected chi connectivity index (χ2v) is 2.85. The van der Waals surface area contributed by atoms with Gasteiger partial charge in [0.1, 0.15) is 0 Å². The summed E-state index contributed by atoms with van der Waals surface area (Å²) in [5.74, 6) is 0. The summed E-state index contributed by atoms with van der Waals surface area (Å²) in [6.45, 7) is 3.80. The largest absolute Gasteiger partial charge is 0.375 e. The molecule has 0 saturated carbocycles. The SMILES string of the molecule is Cc1ccc(N[C@@H](C)[C]=O)cc1. The molecule has 0 aliphatic carbocycles. The predicted molar refractivity (Wildman–Crippen MR) is 50.0 cm³/mol. The molecule has 0 spiro atoms. The highest BCUT2D eigenvalue weighted by atomic mass is 16.1. The van der Waals surface area contributed by atoms with Crippen LogP contribution in [0.4, 0.5) is 5.69 Å². The lowest BCUT2D eigenvalue weighted by Crippen LogP contribution is -2.15. The monoisotopic (exact) mass is 162 g/mol. The first-order valence-corrected chi connectivity index (χ1v) is 3.93. The van der Waals surface area contributed by atoms with Gasteiger partial charge in [0, 0.05) is 5.69 Å². The molecule has 2 heteroatoms. The maximum Gasteiger partial charge on any atom is 0.222 e. The molecule has 12 heavy (non-hydrogen) atoms. The van der Waals surface area contributed by atoms with E-state index in [4.69, 9.17) is 0 Å². The number of carbonyl (C=O) groups excluding carboxylic acids is 1. The summed E-state index contributed by atoms with van der Waals surface area (Å²) in [5, 5.41) is 3.00. The summed E-state index contributed by atoms with van der Waals surface area (Å²) in [4.78, 5) is 10.2. The minimum atomic E-state index is -0.243. The van der Waals surface area contributed by atoms with Crippen LogP contribution >= 0.6 is 0 Å². The lowest BCUT2D eigenvalue weighted by Gasteiger charge is -2.07. The van der Waals surface area contributed by atoms with E-state index in [1.54, 1.807) is 6.92 Å². The first-order valence-electron chi connectivity index (χ1n) is 3.93. The third-order valence-corrected chi connectivity index (χ3v) is 1.61. The molecular weight excluding hydrogens is 150 g/mol. The summed E-state index contributed by atoms with van der Waals surface area (Å²) < 4.78 is 0. The molecule has 0 aliphatic heterocycles. The maximum absolute atomic E-state index is 10.2. The number of anilines is 1. The summed E-state index contributed by atoms with van der Waals surface area (Å²) in [5.41, 5.74) is 2.17. The van der Waals surface area contributed by atoms with Crippen LogP contribution in [0.5, 0.6) is 0 Å². The van der Waals surface area contributed by atoms with Crippen molar-refractivity contribution in [2.45, 2.75) is 19.9 Å². The van der Waals surface area contributed by atoms with E-state index in [1.807, 2.05) is 37.5 Å². The maximum atomic E-state index is 10.2. The molecule has 0 amide bonds. The quantitative estimate of drug-likeness (QED) is 0.735. The average Bonchev–Trinajstić information content (AvgIpc) is 2.09. The zero-order valence-corrected chi connectivity index (χ0v) is 7.29. The van der Waals surface area contributed by atoms with Gasteiger partial charge in [-0.05, 0) is 26.0 Å². The van der Waals surface area contributed by atoms with Crippen molar-refractivity contribution < 1.29 is 4.79 Å². The van der Waals surface area contributed by atoms with Gasteiger partial charge in [-0.1, -0.05) is 17.7 Å². The first kappa shape index (κ1) is 8.78. The van der Waals surface area contributed by atoms with Crippen LogP contribution in [0.1, 0.15) is 12.5 Å². The van der Waals surface area contributed by atoms with Crippen LogP contribution in [0.25, 0.3) is 0 Å². The molecule has 1 radical (unpaired) electrons. The summed E-state index contributed by atoms with van der Waals surface area (Å²) in [6, 6.07) is 7.65. The third-order valence-electron chi connectivity index (χ3n) is 1.61. The number of hydrogen-bond donors (Lipinski definition) is 1. The van der Waals surface area contributed by atoms with Crippen LogP contribution in [0.15, 0.2) is 24.3 Å². The van der Waals surface area contributed by atoms with E-state index in [9.17, 15) is 4.79 Å². The van der Waals surface area contributed by atoms with Crippen molar-refractivity contribution in [1.29, 1.82) is 0 Å². The predicted octanol–water partition coefficient (Wildman–Crippen LogP) is 1.91. The fourth-order valence-corrected chi connectivity index (χ4v) is 0.929. The van der Waals surface area contributed by atoms with Crippen LogP contribution < -0.4 is 5.32 Å². The molecule has 2 nitrogen and oxygen atoms in total. The molecule has 1 rings (SSSR count). The Labute approximate surface area is 72.6 Å². The summed E-state index contributed by atoms with van der Waals surface area (Å²) in [6.07, 6.45) is 1.87. The smallest absolute Gasteiger partial charge is 0.222 e. The topological polar surface area (TPSA) is 29.1 Å². The van der Waals surface area contributed by atoms with Crippen molar-refractivity contribution in [3.05, 3.63) is 29.8 Å². The van der Waals surface area contributed by atoms with Gasteiger partial charge in [-0.25, -0.2) is 0 Å². The Morgan fingerprint density at radius 1 is 1.33 bits per heavy atom. The van der Waals surface area contributed by atoms with Gasteiger partial charge in [0.15, 0.2) is 0 Å². The molecule has 0 saturated heterocycles. The lowest BCUT2D eigenvalue weighted by molar-refractivity contribution is 0.549. The van der Waals surface area contributed by atoms with E-state index < -0.39 is 0 Å². The van der Waals surface area contributed by atoms with Gasteiger partial charge in [0.25, 0.3) is 0 Å². The van der Waals surface area contributed by atoms with E-state index in [-0.39, 0.29) is 6.04 Å². The van der Waals surface area contributed by atoms with E-state index >= 15 is 0 Å². The Kier molecular flexibility index (Phi) is 2.86. The fraction of sp³-hybridized carbons (Fsp3) is 0.300. The zero-order chi connectivity index (χ0) is 8.97. The fourth-order valence-electron chi connectivity index (χ4n) is 0.929. The normalized spacial score (nSPS) is 12.2. The van der Waals surface area contributed by atoms with Gasteiger partial charge in [0.2, 0.25) is 6.29 Å². The van der Waals surface area contributed by atoms with Crippen molar-refractivity contribution >= 4 is 12.0 Å². The molecule has 0 unspecified atom stereocenters. The summed E-state index contributed by atoms with van der Waals surface area (Å²) >= 11 is 0. The molecule has 1 atom stereocenters. The molecule has 1 N–H and O–H groups in total. The van der Waals surface area contributed by atoms with Crippen molar-refractivity contribution in [2.75, 3.05) is 5.32 Å². The molecule has 0 aromatic heterocycles. The van der Waals surface area contributed by atoms with E-state index in [0.717, 1.165) is 5.69 Å². The highest BCUT2D eigenvalue weighted by molar-refractivity contribution is 5.64. The van der Waals surface area contributed by atoms with Crippen molar-refractivity contribution in [1.82, 2.24) is 0 Å². The number of rotatable bonds is 3. The number of hydrogen-bond acceptors (Lipinski definition) is 2. The first-order chi connectivity index (χ1) is 5.72. The summed E-state index contributed by atoms with van der Waals surface area (Å²) in [7, 11) is 0. The Hall–Kier alpha value is -1.31. The van der Waals surface area contributed by atoms with Crippen molar-refractivity contribution in [3.63, 3.8) is 0 Å². The highest BCUT2D eigenvalue weighted by Gasteiger charge is 1.98. The zero-order valence-electron chi connectivity index (χ0n) is 7.29. The lowest BCUT2D eigenvalue weighted by atomic mass is 10.2. The van der Waals surface area contributed by atoms with Gasteiger partial charge in [0.05, 0.1) is 6.04 Å². The highest BCUT2D eigenvalue weighted by Crippen LogP contribution is 2.08. The molecule has 1 aromatic rings. The third kappa shape index (κ3) is 2.38. The Bertz CT molecular complexity index is 253. The van der Waals surface area contributed by atoms with Crippen molar-refractivity contribution in [2.24, 2.45) is 0 Å². The van der Waals surface area contributed by atoms with Gasteiger partial charge < -0.3 is 5.32 Å². The second kappa shape index (κ2) is 3.90. The van der Waals surface area contributed by atoms with Crippen LogP contribution in [-0.2, 0) is 4.79 Å². The molecular formula is C10H12NO. The minimum absolute atomic E-state index is 0.243. The van der Waals surface area contributed by atoms with E-state index in [1.165, 1.54) is 5.56 Å². The van der Waals surface area contributed by atoms with Crippen LogP contribution in [-0.4, -0.2) is 12.3 Å². The molecule has 0 bridgehead atoms. The molecule has 1 aromatic carbocycles. The second-order valence-electron chi connectivity index (χ2n) is 2.85. The Morgan fingerprint density at radius 2 is 1.92 bits per heavy atom. The van der Waals surface area contributed by atoms with Gasteiger partial charge >= 0.3 is 0 Å². The van der Waals surface area contributed by atoms with Crippen LogP contribution in [0.2, 0.25) is 0 Å². The molecule has 0 fully saturated rings. The van der Waals surface area contributed by atoms with E-state index in [2.05, 4.69) is 5.32 Å². The Balaban J connectivity index is 2.64. The molecule has 0 heterocycles. The minimum Gasteiger partial charge on any atom is -0.375 e. The Morgan fingerprint density at radius 3 is 2.42 bits per heavy atom. The number of aryl methyl sites for hydroxylation is 1. The van der Waals surface area contributed by atoms with Gasteiger partial charge in [-0.2, -0.15) is 0 Å².